The second kappa shape index (κ2) is 5.96. The lowest BCUT2D eigenvalue weighted by molar-refractivity contribution is 0.0779. The lowest BCUT2D eigenvalue weighted by atomic mass is 10.1. The van der Waals surface area contributed by atoms with Crippen LogP contribution in [0, 0.1) is 20.8 Å². The third kappa shape index (κ3) is 2.71. The van der Waals surface area contributed by atoms with Gasteiger partial charge >= 0.3 is 0 Å². The van der Waals surface area contributed by atoms with Crippen LogP contribution in [0.2, 0.25) is 0 Å². The van der Waals surface area contributed by atoms with Gasteiger partial charge in [-0.1, -0.05) is 12.1 Å². The molecule has 3 aromatic rings. The number of para-hydroxylation sites is 1. The van der Waals surface area contributed by atoms with Crippen molar-refractivity contribution in [3.05, 3.63) is 63.1 Å². The fourth-order valence-electron chi connectivity index (χ4n) is 2.81. The molecule has 3 rings (SSSR count). The van der Waals surface area contributed by atoms with Gasteiger partial charge in [-0.25, -0.2) is 4.98 Å². The van der Waals surface area contributed by atoms with Gasteiger partial charge in [-0.05, 0) is 32.9 Å². The minimum atomic E-state index is -0.206. The first-order valence-electron chi connectivity index (χ1n) is 7.68. The van der Waals surface area contributed by atoms with E-state index < -0.39 is 0 Å². The lowest BCUT2D eigenvalue weighted by Crippen LogP contribution is -2.29. The first-order valence-corrected chi connectivity index (χ1v) is 7.68. The van der Waals surface area contributed by atoms with Crippen molar-refractivity contribution in [1.29, 1.82) is 0 Å². The first kappa shape index (κ1) is 16.0. The van der Waals surface area contributed by atoms with E-state index >= 15 is 0 Å². The van der Waals surface area contributed by atoms with Crippen LogP contribution >= 0.6 is 0 Å². The van der Waals surface area contributed by atoms with Crippen LogP contribution in [-0.2, 0) is 6.54 Å². The van der Waals surface area contributed by atoms with Crippen LogP contribution in [-0.4, -0.2) is 27.8 Å². The molecule has 1 aromatic carbocycles. The smallest absolute Gasteiger partial charge is 0.258 e. The molecule has 24 heavy (non-hydrogen) atoms. The zero-order valence-electron chi connectivity index (χ0n) is 14.1. The molecule has 0 aliphatic heterocycles. The Morgan fingerprint density at radius 1 is 1.21 bits per heavy atom. The van der Waals surface area contributed by atoms with Crippen LogP contribution in [0.25, 0.3) is 10.9 Å². The number of amides is 1. The highest BCUT2D eigenvalue weighted by atomic mass is 16.3. The topological polar surface area (TPSA) is 79.2 Å². The Bertz CT molecular complexity index is 985. The van der Waals surface area contributed by atoms with Crippen molar-refractivity contribution in [2.75, 3.05) is 7.05 Å². The van der Waals surface area contributed by atoms with Crippen LogP contribution in [0.5, 0.6) is 0 Å². The maximum atomic E-state index is 12.7. The van der Waals surface area contributed by atoms with E-state index in [2.05, 4.69) is 9.97 Å². The minimum absolute atomic E-state index is 0.155. The van der Waals surface area contributed by atoms with Crippen LogP contribution in [0.1, 0.15) is 33.3 Å². The van der Waals surface area contributed by atoms with E-state index in [1.807, 2.05) is 19.9 Å². The molecule has 0 fully saturated rings. The molecule has 0 bridgehead atoms. The molecule has 0 saturated carbocycles. The van der Waals surface area contributed by atoms with Gasteiger partial charge in [0.15, 0.2) is 0 Å². The van der Waals surface area contributed by atoms with Crippen molar-refractivity contribution >= 4 is 16.8 Å². The van der Waals surface area contributed by atoms with Gasteiger partial charge in [-0.3, -0.25) is 9.59 Å². The molecule has 1 N–H and O–H groups in total. The highest BCUT2D eigenvalue weighted by molar-refractivity contribution is 5.96. The van der Waals surface area contributed by atoms with Crippen LogP contribution < -0.4 is 5.56 Å². The van der Waals surface area contributed by atoms with E-state index in [-0.39, 0.29) is 18.0 Å². The summed E-state index contributed by atoms with van der Waals surface area (Å²) in [4.78, 5) is 33.5. The Balaban J connectivity index is 1.91. The van der Waals surface area contributed by atoms with Gasteiger partial charge < -0.3 is 14.3 Å². The summed E-state index contributed by atoms with van der Waals surface area (Å²) in [7, 11) is 1.68. The summed E-state index contributed by atoms with van der Waals surface area (Å²) in [5.74, 6) is 1.63. The van der Waals surface area contributed by atoms with E-state index in [1.165, 1.54) is 4.90 Å². The summed E-state index contributed by atoms with van der Waals surface area (Å²) in [6.45, 7) is 5.68. The molecule has 0 atom stereocenters. The van der Waals surface area contributed by atoms with E-state index in [4.69, 9.17) is 4.42 Å². The third-order valence-electron chi connectivity index (χ3n) is 4.17. The van der Waals surface area contributed by atoms with E-state index in [0.717, 1.165) is 11.3 Å². The molecule has 1 amide bonds. The van der Waals surface area contributed by atoms with Gasteiger partial charge in [0.25, 0.3) is 11.5 Å². The number of aryl methyl sites for hydroxylation is 2. The van der Waals surface area contributed by atoms with Crippen molar-refractivity contribution in [1.82, 2.24) is 14.9 Å². The number of hydrogen-bond acceptors (Lipinski definition) is 4. The standard InChI is InChI=1S/C18H19N3O3/c1-10-11(2)24-12(3)16(10)18(23)21(4)9-15-19-14-8-6-5-7-13(14)17(22)20-15/h5-8H,9H2,1-4H3,(H,19,20,22). The molecule has 0 unspecified atom stereocenters. The summed E-state index contributed by atoms with van der Waals surface area (Å²) in [5.41, 5.74) is 1.81. The Morgan fingerprint density at radius 2 is 1.92 bits per heavy atom. The van der Waals surface area contributed by atoms with Crippen LogP contribution in [0.15, 0.2) is 33.5 Å². The number of nitrogens with zero attached hydrogens (tertiary/aromatic N) is 2. The molecule has 6 nitrogen and oxygen atoms in total. The number of carbonyl (C=O) groups excluding carboxylic acids is 1. The number of fused-ring (bicyclic) bond motifs is 1. The number of carbonyl (C=O) groups is 1. The molecular weight excluding hydrogens is 306 g/mol. The van der Waals surface area contributed by atoms with Gasteiger partial charge in [0, 0.05) is 12.6 Å². The zero-order chi connectivity index (χ0) is 17.4. The SMILES string of the molecule is Cc1oc(C)c(C(=O)N(C)Cc2nc3ccccc3c(=O)[nH]2)c1C. The van der Waals surface area contributed by atoms with E-state index in [0.29, 0.717) is 28.1 Å². The predicted octanol–water partition coefficient (Wildman–Crippen LogP) is 2.71. The summed E-state index contributed by atoms with van der Waals surface area (Å²) in [5, 5.41) is 0.535. The second-order valence-corrected chi connectivity index (χ2v) is 5.91. The number of H-pyrrole nitrogens is 1. The molecule has 0 spiro atoms. The second-order valence-electron chi connectivity index (χ2n) is 5.91. The first-order chi connectivity index (χ1) is 11.4. The molecule has 6 heteroatoms. The van der Waals surface area contributed by atoms with E-state index in [9.17, 15) is 9.59 Å². The third-order valence-corrected chi connectivity index (χ3v) is 4.17. The lowest BCUT2D eigenvalue weighted by Gasteiger charge is -2.17. The highest BCUT2D eigenvalue weighted by Gasteiger charge is 2.22. The number of benzene rings is 1. The molecular formula is C18H19N3O3. The monoisotopic (exact) mass is 325 g/mol. The Hall–Kier alpha value is -2.89. The van der Waals surface area contributed by atoms with E-state index in [1.54, 1.807) is 32.2 Å². The fourth-order valence-corrected chi connectivity index (χ4v) is 2.81. The quantitative estimate of drug-likeness (QED) is 0.803. The number of furan rings is 1. The fraction of sp³-hybridized carbons (Fsp3) is 0.278. The van der Waals surface area contributed by atoms with Gasteiger partial charge in [0.05, 0.1) is 23.0 Å². The maximum absolute atomic E-state index is 12.7. The zero-order valence-corrected chi connectivity index (χ0v) is 14.1. The molecule has 0 aliphatic rings. The molecule has 2 aromatic heterocycles. The van der Waals surface area contributed by atoms with Crippen LogP contribution in [0.3, 0.4) is 0 Å². The summed E-state index contributed by atoms with van der Waals surface area (Å²) in [6, 6.07) is 7.13. The van der Waals surface area contributed by atoms with Crippen molar-refractivity contribution in [3.8, 4) is 0 Å². The van der Waals surface area contributed by atoms with Gasteiger partial charge in [0.1, 0.15) is 17.3 Å². The van der Waals surface area contributed by atoms with Crippen molar-refractivity contribution in [2.45, 2.75) is 27.3 Å². The number of hydrogen-bond donors (Lipinski definition) is 1. The summed E-state index contributed by atoms with van der Waals surface area (Å²) < 4.78 is 5.52. The molecule has 2 heterocycles. The predicted molar refractivity (Wildman–Crippen MR) is 91.1 cm³/mol. The average Bonchev–Trinajstić information content (AvgIpc) is 2.79. The largest absolute Gasteiger partial charge is 0.466 e. The van der Waals surface area contributed by atoms with Crippen molar-refractivity contribution in [3.63, 3.8) is 0 Å². The van der Waals surface area contributed by atoms with Crippen LogP contribution in [0.4, 0.5) is 0 Å². The van der Waals surface area contributed by atoms with Crippen molar-refractivity contribution < 1.29 is 9.21 Å². The Morgan fingerprint density at radius 3 is 2.58 bits per heavy atom. The van der Waals surface area contributed by atoms with Gasteiger partial charge in [0.2, 0.25) is 0 Å². The maximum Gasteiger partial charge on any atom is 0.258 e. The van der Waals surface area contributed by atoms with Crippen molar-refractivity contribution in [2.24, 2.45) is 0 Å². The Kier molecular flexibility index (Phi) is 3.97. The molecule has 0 radical (unpaired) electrons. The number of rotatable bonds is 3. The van der Waals surface area contributed by atoms with Gasteiger partial charge in [-0.2, -0.15) is 0 Å². The number of nitrogens with one attached hydrogen (secondary N) is 1. The average molecular weight is 325 g/mol. The molecule has 0 aliphatic carbocycles. The summed E-state index contributed by atoms with van der Waals surface area (Å²) in [6.07, 6.45) is 0. The summed E-state index contributed by atoms with van der Waals surface area (Å²) >= 11 is 0. The van der Waals surface area contributed by atoms with Gasteiger partial charge in [-0.15, -0.1) is 0 Å². The number of aromatic amines is 1. The highest BCUT2D eigenvalue weighted by Crippen LogP contribution is 2.22. The normalized spacial score (nSPS) is 11.0. The molecule has 0 saturated heterocycles. The number of aromatic nitrogens is 2. The minimum Gasteiger partial charge on any atom is -0.466 e. The Labute approximate surface area is 139 Å². The molecule has 124 valence electrons.